The van der Waals surface area contributed by atoms with Gasteiger partial charge in [-0.15, -0.1) is 0 Å². The molecule has 0 N–H and O–H groups in total. The quantitative estimate of drug-likeness (QED) is 0.434. The van der Waals surface area contributed by atoms with Crippen molar-refractivity contribution in [3.05, 3.63) is 88.3 Å². The van der Waals surface area contributed by atoms with Crippen LogP contribution in [0.3, 0.4) is 0 Å². The Morgan fingerprint density at radius 2 is 1.63 bits per heavy atom. The fourth-order valence-corrected chi connectivity index (χ4v) is 3.25. The van der Waals surface area contributed by atoms with Crippen molar-refractivity contribution < 1.29 is 18.6 Å². The molecule has 0 unspecified atom stereocenters. The summed E-state index contributed by atoms with van der Waals surface area (Å²) in [5.74, 6) is 1.79. The van der Waals surface area contributed by atoms with Gasteiger partial charge in [-0.3, -0.25) is 4.79 Å². The van der Waals surface area contributed by atoms with Gasteiger partial charge in [0, 0.05) is 6.07 Å². The Balaban J connectivity index is 1.63. The topological polar surface area (TPSA) is 57.9 Å². The summed E-state index contributed by atoms with van der Waals surface area (Å²) in [7, 11) is 3.13. The molecule has 0 aliphatic rings. The van der Waals surface area contributed by atoms with E-state index in [-0.39, 0.29) is 5.43 Å². The average molecular weight is 402 g/mol. The molecule has 0 bridgehead atoms. The Morgan fingerprint density at radius 3 is 2.37 bits per heavy atom. The van der Waals surface area contributed by atoms with Crippen LogP contribution in [-0.2, 0) is 6.61 Å². The summed E-state index contributed by atoms with van der Waals surface area (Å²) in [6.07, 6.45) is 1.47. The van der Waals surface area contributed by atoms with Crippen molar-refractivity contribution in [1.82, 2.24) is 0 Å². The predicted octanol–water partition coefficient (Wildman–Crippen LogP) is 5.36. The molecule has 4 rings (SSSR count). The maximum absolute atomic E-state index is 13.0. The van der Waals surface area contributed by atoms with Gasteiger partial charge >= 0.3 is 0 Å². The van der Waals surface area contributed by atoms with Crippen LogP contribution in [0.15, 0.2) is 76.1 Å². The standard InChI is InChI=1S/C25H22O5/c1-16-4-6-17(7-5-16)14-29-19-9-10-20-23(13-19)30-15-21(25(20)26)18-8-11-22(27-2)24(12-18)28-3/h4-13,15H,14H2,1-3H3. The number of hydrogen-bond acceptors (Lipinski definition) is 5. The zero-order valence-electron chi connectivity index (χ0n) is 17.1. The van der Waals surface area contributed by atoms with Crippen molar-refractivity contribution in [3.8, 4) is 28.4 Å². The maximum Gasteiger partial charge on any atom is 0.200 e. The molecular formula is C25H22O5. The van der Waals surface area contributed by atoms with Crippen LogP contribution in [0.25, 0.3) is 22.1 Å². The van der Waals surface area contributed by atoms with E-state index in [1.54, 1.807) is 50.6 Å². The van der Waals surface area contributed by atoms with Crippen LogP contribution in [0.2, 0.25) is 0 Å². The Bertz CT molecular complexity index is 1240. The van der Waals surface area contributed by atoms with E-state index in [1.165, 1.54) is 11.8 Å². The SMILES string of the molecule is COc1ccc(-c2coc3cc(OCc4ccc(C)cc4)ccc3c2=O)cc1OC. The lowest BCUT2D eigenvalue weighted by molar-refractivity contribution is 0.306. The van der Waals surface area contributed by atoms with E-state index in [4.69, 9.17) is 18.6 Å². The van der Waals surface area contributed by atoms with Gasteiger partial charge in [-0.25, -0.2) is 0 Å². The van der Waals surface area contributed by atoms with Gasteiger partial charge in [0.25, 0.3) is 0 Å². The van der Waals surface area contributed by atoms with Gasteiger partial charge in [-0.05, 0) is 42.3 Å². The molecule has 0 fully saturated rings. The number of benzene rings is 3. The first-order valence-corrected chi connectivity index (χ1v) is 9.55. The number of aryl methyl sites for hydroxylation is 1. The van der Waals surface area contributed by atoms with E-state index >= 15 is 0 Å². The summed E-state index contributed by atoms with van der Waals surface area (Å²) in [5, 5.41) is 0.491. The molecule has 0 aliphatic heterocycles. The van der Waals surface area contributed by atoms with Crippen LogP contribution in [0.4, 0.5) is 0 Å². The summed E-state index contributed by atoms with van der Waals surface area (Å²) < 4.78 is 22.2. The lowest BCUT2D eigenvalue weighted by Crippen LogP contribution is -2.05. The first kappa shape index (κ1) is 19.6. The highest BCUT2D eigenvalue weighted by molar-refractivity contribution is 5.83. The fourth-order valence-electron chi connectivity index (χ4n) is 3.25. The first-order chi connectivity index (χ1) is 14.6. The second-order valence-corrected chi connectivity index (χ2v) is 6.98. The fraction of sp³-hybridized carbons (Fsp3) is 0.160. The number of methoxy groups -OCH3 is 2. The molecule has 1 aromatic heterocycles. The number of ether oxygens (including phenoxy) is 3. The zero-order valence-corrected chi connectivity index (χ0v) is 17.1. The number of rotatable bonds is 6. The molecule has 0 radical (unpaired) electrons. The van der Waals surface area contributed by atoms with Crippen LogP contribution in [0, 0.1) is 6.92 Å². The Morgan fingerprint density at radius 1 is 0.867 bits per heavy atom. The lowest BCUT2D eigenvalue weighted by atomic mass is 10.0. The summed E-state index contributed by atoms with van der Waals surface area (Å²) in [5.41, 5.74) is 3.79. The van der Waals surface area contributed by atoms with Crippen molar-refractivity contribution in [3.63, 3.8) is 0 Å². The molecule has 3 aromatic carbocycles. The first-order valence-electron chi connectivity index (χ1n) is 9.55. The third-order valence-electron chi connectivity index (χ3n) is 4.97. The Hall–Kier alpha value is -3.73. The maximum atomic E-state index is 13.0. The second kappa shape index (κ2) is 8.33. The van der Waals surface area contributed by atoms with Gasteiger partial charge in [0.15, 0.2) is 16.9 Å². The normalized spacial score (nSPS) is 10.8. The molecule has 0 saturated carbocycles. The van der Waals surface area contributed by atoms with Crippen LogP contribution >= 0.6 is 0 Å². The summed E-state index contributed by atoms with van der Waals surface area (Å²) in [6.45, 7) is 2.49. The average Bonchev–Trinajstić information content (AvgIpc) is 2.78. The smallest absolute Gasteiger partial charge is 0.200 e. The molecule has 0 spiro atoms. The van der Waals surface area contributed by atoms with Gasteiger partial charge in [-0.1, -0.05) is 35.9 Å². The minimum atomic E-state index is -0.117. The molecule has 0 saturated heterocycles. The largest absolute Gasteiger partial charge is 0.493 e. The third kappa shape index (κ3) is 3.87. The molecule has 4 aromatic rings. The van der Waals surface area contributed by atoms with Crippen molar-refractivity contribution >= 4 is 11.0 Å². The third-order valence-corrected chi connectivity index (χ3v) is 4.97. The minimum absolute atomic E-state index is 0.117. The summed E-state index contributed by atoms with van der Waals surface area (Å²) >= 11 is 0. The van der Waals surface area contributed by atoms with Gasteiger partial charge in [0.1, 0.15) is 24.2 Å². The van der Waals surface area contributed by atoms with Crippen molar-refractivity contribution in [2.24, 2.45) is 0 Å². The highest BCUT2D eigenvalue weighted by Crippen LogP contribution is 2.32. The van der Waals surface area contributed by atoms with Crippen molar-refractivity contribution in [1.29, 1.82) is 0 Å². The van der Waals surface area contributed by atoms with Crippen molar-refractivity contribution in [2.45, 2.75) is 13.5 Å². The Labute approximate surface area is 174 Å². The number of fused-ring (bicyclic) bond motifs is 1. The molecule has 1 heterocycles. The summed E-state index contributed by atoms with van der Waals surface area (Å²) in [6, 6.07) is 18.7. The van der Waals surface area contributed by atoms with Gasteiger partial charge in [0.2, 0.25) is 0 Å². The van der Waals surface area contributed by atoms with E-state index in [2.05, 4.69) is 0 Å². The van der Waals surface area contributed by atoms with Crippen LogP contribution in [0.5, 0.6) is 17.2 Å². The Kier molecular flexibility index (Phi) is 5.44. The van der Waals surface area contributed by atoms with Crippen LogP contribution in [-0.4, -0.2) is 14.2 Å². The van der Waals surface area contributed by atoms with Crippen LogP contribution in [0.1, 0.15) is 11.1 Å². The number of hydrogen-bond donors (Lipinski definition) is 0. The summed E-state index contributed by atoms with van der Waals surface area (Å²) in [4.78, 5) is 13.0. The molecule has 0 atom stereocenters. The molecule has 152 valence electrons. The van der Waals surface area contributed by atoms with Gasteiger partial charge in [-0.2, -0.15) is 0 Å². The molecule has 0 aliphatic carbocycles. The molecule has 5 heteroatoms. The highest BCUT2D eigenvalue weighted by Gasteiger charge is 2.13. The lowest BCUT2D eigenvalue weighted by Gasteiger charge is -2.10. The van der Waals surface area contributed by atoms with E-state index in [1.807, 2.05) is 31.2 Å². The second-order valence-electron chi connectivity index (χ2n) is 6.98. The van der Waals surface area contributed by atoms with E-state index < -0.39 is 0 Å². The van der Waals surface area contributed by atoms with E-state index in [0.29, 0.717) is 46.0 Å². The predicted molar refractivity (Wildman–Crippen MR) is 117 cm³/mol. The highest BCUT2D eigenvalue weighted by atomic mass is 16.5. The minimum Gasteiger partial charge on any atom is -0.493 e. The zero-order chi connectivity index (χ0) is 21.1. The van der Waals surface area contributed by atoms with E-state index in [0.717, 1.165) is 5.56 Å². The monoisotopic (exact) mass is 402 g/mol. The van der Waals surface area contributed by atoms with Gasteiger partial charge < -0.3 is 18.6 Å². The van der Waals surface area contributed by atoms with Crippen LogP contribution < -0.4 is 19.6 Å². The van der Waals surface area contributed by atoms with E-state index in [9.17, 15) is 4.79 Å². The molecule has 5 nitrogen and oxygen atoms in total. The molecule has 0 amide bonds. The molecule has 30 heavy (non-hydrogen) atoms. The van der Waals surface area contributed by atoms with Crippen molar-refractivity contribution in [2.75, 3.05) is 14.2 Å². The molecular weight excluding hydrogens is 380 g/mol. The van der Waals surface area contributed by atoms with Gasteiger partial charge in [0.05, 0.1) is 25.2 Å².